The van der Waals surface area contributed by atoms with Gasteiger partial charge in [0.05, 0.1) is 15.1 Å². The Balaban J connectivity index is 0.00000441. The lowest BCUT2D eigenvalue weighted by atomic mass is 10.1. The number of rotatable bonds is 11. The summed E-state index contributed by atoms with van der Waals surface area (Å²) in [5.74, 6) is -0.192. The smallest absolute Gasteiger partial charge is 0.260 e. The van der Waals surface area contributed by atoms with Crippen molar-refractivity contribution in [3.63, 3.8) is 0 Å². The van der Waals surface area contributed by atoms with E-state index in [0.717, 1.165) is 39.9 Å². The number of anilines is 1. The van der Waals surface area contributed by atoms with E-state index in [1.54, 1.807) is 17.0 Å². The normalized spacial score (nSPS) is 11.7. The van der Waals surface area contributed by atoms with Gasteiger partial charge in [-0.3, -0.25) is 9.69 Å². The summed E-state index contributed by atoms with van der Waals surface area (Å²) in [6, 6.07) is 19.9. The van der Waals surface area contributed by atoms with Crippen LogP contribution in [-0.2, 0) is 16.6 Å². The van der Waals surface area contributed by atoms with E-state index in [1.807, 2.05) is 51.4 Å². The number of hydrogen-bond donors (Lipinski definition) is 0. The molecule has 1 aromatic heterocycles. The van der Waals surface area contributed by atoms with Crippen molar-refractivity contribution in [3.05, 3.63) is 89.0 Å². The molecular formula is C30H37ClN4O3S2. The highest BCUT2D eigenvalue weighted by atomic mass is 35.5. The zero-order chi connectivity index (χ0) is 28.2. The molecule has 40 heavy (non-hydrogen) atoms. The molecule has 4 aromatic rings. The van der Waals surface area contributed by atoms with Gasteiger partial charge in [-0.1, -0.05) is 54.7 Å². The molecule has 0 unspecified atom stereocenters. The minimum atomic E-state index is -3.72. The van der Waals surface area contributed by atoms with E-state index in [1.165, 1.54) is 27.8 Å². The number of sulfonamides is 1. The van der Waals surface area contributed by atoms with E-state index >= 15 is 0 Å². The lowest BCUT2D eigenvalue weighted by molar-refractivity contribution is 0.0986. The lowest BCUT2D eigenvalue weighted by Crippen LogP contribution is -2.33. The van der Waals surface area contributed by atoms with Gasteiger partial charge in [0.1, 0.15) is 0 Å². The quantitative estimate of drug-likeness (QED) is 0.207. The Morgan fingerprint density at radius 2 is 1.60 bits per heavy atom. The first-order valence-corrected chi connectivity index (χ1v) is 15.3. The predicted molar refractivity (Wildman–Crippen MR) is 167 cm³/mol. The van der Waals surface area contributed by atoms with E-state index in [2.05, 4.69) is 30.9 Å². The molecule has 0 bridgehead atoms. The van der Waals surface area contributed by atoms with E-state index < -0.39 is 10.0 Å². The molecule has 214 valence electrons. The molecule has 0 spiro atoms. The Bertz CT molecular complexity index is 1540. The maximum atomic E-state index is 13.8. The average molecular weight is 601 g/mol. The molecule has 0 aliphatic rings. The highest BCUT2D eigenvalue weighted by Crippen LogP contribution is 2.33. The second-order valence-corrected chi connectivity index (χ2v) is 12.9. The number of hydrogen-bond acceptors (Lipinski definition) is 6. The number of amides is 1. The molecule has 10 heteroatoms. The standard InChI is InChI=1S/C30H36N4O3S2.ClH/c1-6-33(21-24-11-8-7-9-12-24)39(36,37)26-16-14-25(15-17-26)29(35)34(20-10-19-32(4)5)30-31-28-23(3)22(2)13-18-27(28)38-30;/h7-9,11-18H,6,10,19-21H2,1-5H3;1H. The first kappa shape index (κ1) is 31.7. The third-order valence-electron chi connectivity index (χ3n) is 6.83. The Morgan fingerprint density at radius 3 is 2.23 bits per heavy atom. The molecule has 0 aliphatic carbocycles. The summed E-state index contributed by atoms with van der Waals surface area (Å²) in [6.45, 7) is 7.91. The van der Waals surface area contributed by atoms with Gasteiger partial charge in [-0.2, -0.15) is 4.31 Å². The van der Waals surface area contributed by atoms with E-state index in [-0.39, 0.29) is 29.8 Å². The van der Waals surface area contributed by atoms with Crippen LogP contribution in [0.5, 0.6) is 0 Å². The van der Waals surface area contributed by atoms with Crippen LogP contribution in [0, 0.1) is 13.8 Å². The number of nitrogens with zero attached hydrogens (tertiary/aromatic N) is 4. The minimum Gasteiger partial charge on any atom is -0.309 e. The van der Waals surface area contributed by atoms with Gasteiger partial charge in [0.25, 0.3) is 5.91 Å². The van der Waals surface area contributed by atoms with Crippen LogP contribution in [0.15, 0.2) is 71.6 Å². The van der Waals surface area contributed by atoms with E-state index in [4.69, 9.17) is 4.98 Å². The number of benzene rings is 3. The molecule has 0 aliphatic heterocycles. The van der Waals surface area contributed by atoms with Gasteiger partial charge < -0.3 is 4.90 Å². The van der Waals surface area contributed by atoms with Gasteiger partial charge in [-0.15, -0.1) is 12.4 Å². The fraction of sp³-hybridized carbons (Fsp3) is 0.333. The summed E-state index contributed by atoms with van der Waals surface area (Å²) in [7, 11) is 0.291. The number of thiazole rings is 1. The molecule has 4 rings (SSSR count). The largest absolute Gasteiger partial charge is 0.309 e. The molecule has 0 fully saturated rings. The highest BCUT2D eigenvalue weighted by molar-refractivity contribution is 7.89. The van der Waals surface area contributed by atoms with Gasteiger partial charge in [0.2, 0.25) is 10.0 Å². The van der Waals surface area contributed by atoms with Crippen molar-refractivity contribution in [1.29, 1.82) is 0 Å². The predicted octanol–water partition coefficient (Wildman–Crippen LogP) is 6.14. The van der Waals surface area contributed by atoms with Crippen LogP contribution >= 0.6 is 23.7 Å². The monoisotopic (exact) mass is 600 g/mol. The molecule has 0 atom stereocenters. The number of fused-ring (bicyclic) bond motifs is 1. The van der Waals surface area contributed by atoms with Crippen molar-refractivity contribution in [2.75, 3.05) is 38.6 Å². The van der Waals surface area contributed by atoms with Crippen LogP contribution in [0.25, 0.3) is 10.2 Å². The Kier molecular flexibility index (Phi) is 10.9. The summed E-state index contributed by atoms with van der Waals surface area (Å²) in [4.78, 5) is 22.6. The van der Waals surface area contributed by atoms with Crippen molar-refractivity contribution in [2.45, 2.75) is 38.6 Å². The van der Waals surface area contributed by atoms with Gasteiger partial charge in [-0.05, 0) is 87.9 Å². The zero-order valence-corrected chi connectivity index (χ0v) is 26.1. The van der Waals surface area contributed by atoms with Crippen LogP contribution in [0.3, 0.4) is 0 Å². The maximum absolute atomic E-state index is 13.8. The molecule has 0 N–H and O–H groups in total. The summed E-state index contributed by atoms with van der Waals surface area (Å²) in [6.07, 6.45) is 0.782. The van der Waals surface area contributed by atoms with Gasteiger partial charge in [0, 0.05) is 25.2 Å². The van der Waals surface area contributed by atoms with Crippen molar-refractivity contribution >= 4 is 55.0 Å². The molecular weight excluding hydrogens is 564 g/mol. The molecule has 0 saturated heterocycles. The lowest BCUT2D eigenvalue weighted by Gasteiger charge is -2.22. The third-order valence-corrected chi connectivity index (χ3v) is 9.81. The van der Waals surface area contributed by atoms with Crippen molar-refractivity contribution < 1.29 is 13.2 Å². The summed E-state index contributed by atoms with van der Waals surface area (Å²) in [5.41, 5.74) is 4.54. The number of halogens is 1. The van der Waals surface area contributed by atoms with Crippen LogP contribution in [0.1, 0.15) is 40.4 Å². The third kappa shape index (κ3) is 7.08. The fourth-order valence-corrected chi connectivity index (χ4v) is 6.87. The summed E-state index contributed by atoms with van der Waals surface area (Å²) in [5, 5.41) is 0.652. The van der Waals surface area contributed by atoms with Crippen LogP contribution in [0.2, 0.25) is 0 Å². The van der Waals surface area contributed by atoms with Crippen molar-refractivity contribution in [3.8, 4) is 0 Å². The number of carbonyl (C=O) groups excluding carboxylic acids is 1. The summed E-state index contributed by atoms with van der Waals surface area (Å²) >= 11 is 1.50. The second-order valence-electron chi connectivity index (χ2n) is 9.91. The Morgan fingerprint density at radius 1 is 0.925 bits per heavy atom. The van der Waals surface area contributed by atoms with Crippen molar-refractivity contribution in [1.82, 2.24) is 14.2 Å². The van der Waals surface area contributed by atoms with Gasteiger partial charge in [0.15, 0.2) is 5.13 Å². The van der Waals surface area contributed by atoms with Crippen LogP contribution < -0.4 is 4.90 Å². The molecule has 3 aromatic carbocycles. The second kappa shape index (κ2) is 13.7. The molecule has 0 saturated carbocycles. The Labute approximate surface area is 247 Å². The van der Waals surface area contributed by atoms with Crippen molar-refractivity contribution in [2.24, 2.45) is 0 Å². The highest BCUT2D eigenvalue weighted by Gasteiger charge is 2.26. The zero-order valence-electron chi connectivity index (χ0n) is 23.6. The summed E-state index contributed by atoms with van der Waals surface area (Å²) < 4.78 is 29.3. The number of aromatic nitrogens is 1. The number of carbonyl (C=O) groups is 1. The van der Waals surface area contributed by atoms with Gasteiger partial charge >= 0.3 is 0 Å². The maximum Gasteiger partial charge on any atom is 0.260 e. The average Bonchev–Trinajstić information content (AvgIpc) is 3.36. The van der Waals surface area contributed by atoms with Crippen LogP contribution in [0.4, 0.5) is 5.13 Å². The minimum absolute atomic E-state index is 0. The molecule has 7 nitrogen and oxygen atoms in total. The topological polar surface area (TPSA) is 73.8 Å². The number of aryl methyl sites for hydroxylation is 2. The van der Waals surface area contributed by atoms with E-state index in [9.17, 15) is 13.2 Å². The van der Waals surface area contributed by atoms with Crippen LogP contribution in [-0.4, -0.2) is 62.2 Å². The first-order valence-electron chi connectivity index (χ1n) is 13.1. The Hall–Kier alpha value is -2.82. The molecule has 0 radical (unpaired) electrons. The van der Waals surface area contributed by atoms with Gasteiger partial charge in [-0.25, -0.2) is 13.4 Å². The molecule has 1 amide bonds. The molecule has 1 heterocycles. The van der Waals surface area contributed by atoms with E-state index in [0.29, 0.717) is 23.8 Å². The first-order chi connectivity index (χ1) is 18.6. The SMILES string of the molecule is CCN(Cc1ccccc1)S(=O)(=O)c1ccc(C(=O)N(CCCN(C)C)c2nc3c(C)c(C)ccc3s2)cc1.Cl. The fourth-order valence-electron chi connectivity index (χ4n) is 4.39.